The third-order valence-electron chi connectivity index (χ3n) is 6.77. The number of aryl methyl sites for hydroxylation is 1. The molecule has 1 saturated carbocycles. The van der Waals surface area contributed by atoms with Crippen molar-refractivity contribution in [3.8, 4) is 28.4 Å². The van der Waals surface area contributed by atoms with Gasteiger partial charge in [0.25, 0.3) is 0 Å². The normalized spacial score (nSPS) is 17.2. The number of aromatic nitrogens is 3. The lowest BCUT2D eigenvalue weighted by Crippen LogP contribution is -2.29. The van der Waals surface area contributed by atoms with Crippen molar-refractivity contribution >= 4 is 5.82 Å². The molecular formula is C27H35N5O4. The minimum absolute atomic E-state index is 0.200. The first-order chi connectivity index (χ1) is 17.5. The Morgan fingerprint density at radius 2 is 1.94 bits per heavy atom. The molecule has 1 aliphatic heterocycles. The van der Waals surface area contributed by atoms with Crippen LogP contribution in [-0.2, 0) is 4.74 Å². The van der Waals surface area contributed by atoms with Gasteiger partial charge in [-0.05, 0) is 58.7 Å². The van der Waals surface area contributed by atoms with E-state index in [0.717, 1.165) is 78.6 Å². The summed E-state index contributed by atoms with van der Waals surface area (Å²) in [6, 6.07) is 7.99. The van der Waals surface area contributed by atoms with E-state index in [-0.39, 0.29) is 6.61 Å². The molecule has 9 nitrogen and oxygen atoms in total. The Morgan fingerprint density at radius 1 is 1.14 bits per heavy atom. The number of anilines is 1. The van der Waals surface area contributed by atoms with Gasteiger partial charge in [-0.1, -0.05) is 17.3 Å². The highest BCUT2D eigenvalue weighted by Gasteiger charge is 2.33. The zero-order valence-corrected chi connectivity index (χ0v) is 21.2. The van der Waals surface area contributed by atoms with Gasteiger partial charge in [0.15, 0.2) is 5.82 Å². The van der Waals surface area contributed by atoms with E-state index in [4.69, 9.17) is 24.0 Å². The molecule has 2 aliphatic rings. The molecule has 0 amide bonds. The molecule has 1 unspecified atom stereocenters. The molecule has 2 fully saturated rings. The van der Waals surface area contributed by atoms with Crippen LogP contribution in [0, 0.1) is 13.8 Å². The average molecular weight is 494 g/mol. The smallest absolute Gasteiger partial charge is 0.162 e. The number of aliphatic hydroxyl groups is 1. The number of likely N-dealkylation sites (N-methyl/N-ethyl adjacent to an activating group) is 1. The van der Waals surface area contributed by atoms with Crippen LogP contribution in [0.15, 0.2) is 28.8 Å². The van der Waals surface area contributed by atoms with E-state index in [2.05, 4.69) is 22.7 Å². The van der Waals surface area contributed by atoms with Gasteiger partial charge in [0.2, 0.25) is 0 Å². The molecule has 3 aromatic rings. The van der Waals surface area contributed by atoms with E-state index in [1.807, 2.05) is 31.2 Å². The predicted molar refractivity (Wildman–Crippen MR) is 137 cm³/mol. The van der Waals surface area contributed by atoms with E-state index in [0.29, 0.717) is 30.1 Å². The number of benzene rings is 1. The van der Waals surface area contributed by atoms with Gasteiger partial charge in [0.1, 0.15) is 30.0 Å². The third-order valence-corrected chi connectivity index (χ3v) is 6.77. The molecule has 2 aromatic heterocycles. The second kappa shape index (κ2) is 10.9. The fourth-order valence-corrected chi connectivity index (χ4v) is 4.59. The molecule has 3 heterocycles. The highest BCUT2D eigenvalue weighted by atomic mass is 16.5. The van der Waals surface area contributed by atoms with Crippen LogP contribution in [0.5, 0.6) is 5.75 Å². The van der Waals surface area contributed by atoms with Crippen molar-refractivity contribution in [2.24, 2.45) is 0 Å². The van der Waals surface area contributed by atoms with Crippen molar-refractivity contribution in [1.82, 2.24) is 20.4 Å². The highest BCUT2D eigenvalue weighted by molar-refractivity contribution is 5.75. The number of nitrogens with one attached hydrogen (secondary N) is 2. The summed E-state index contributed by atoms with van der Waals surface area (Å²) in [7, 11) is 1.80. The number of aliphatic hydroxyl groups excluding tert-OH is 1. The van der Waals surface area contributed by atoms with Crippen LogP contribution in [-0.4, -0.2) is 65.8 Å². The molecule has 1 atom stereocenters. The van der Waals surface area contributed by atoms with Crippen LogP contribution in [0.2, 0.25) is 0 Å². The molecule has 0 spiro atoms. The van der Waals surface area contributed by atoms with E-state index in [1.165, 1.54) is 0 Å². The summed E-state index contributed by atoms with van der Waals surface area (Å²) < 4.78 is 17.0. The highest BCUT2D eigenvalue weighted by Crippen LogP contribution is 2.45. The summed E-state index contributed by atoms with van der Waals surface area (Å²) in [5.74, 6) is 3.29. The van der Waals surface area contributed by atoms with Crippen LogP contribution >= 0.6 is 0 Å². The van der Waals surface area contributed by atoms with Crippen molar-refractivity contribution in [3.63, 3.8) is 0 Å². The lowest BCUT2D eigenvalue weighted by Gasteiger charge is -2.25. The Balaban J connectivity index is 1.53. The first-order valence-electron chi connectivity index (χ1n) is 12.8. The quantitative estimate of drug-likeness (QED) is 0.387. The number of rotatable bonds is 10. The summed E-state index contributed by atoms with van der Waals surface area (Å²) >= 11 is 0. The molecule has 1 aliphatic carbocycles. The zero-order valence-electron chi connectivity index (χ0n) is 21.2. The van der Waals surface area contributed by atoms with Gasteiger partial charge in [0, 0.05) is 42.8 Å². The maximum atomic E-state index is 10.0. The van der Waals surface area contributed by atoms with Gasteiger partial charge in [0.05, 0.1) is 17.0 Å². The van der Waals surface area contributed by atoms with Crippen molar-refractivity contribution in [1.29, 1.82) is 0 Å². The average Bonchev–Trinajstić information content (AvgIpc) is 3.67. The largest absolute Gasteiger partial charge is 0.491 e. The van der Waals surface area contributed by atoms with Crippen molar-refractivity contribution in [2.75, 3.05) is 38.7 Å². The Kier molecular flexibility index (Phi) is 7.50. The van der Waals surface area contributed by atoms with Crippen molar-refractivity contribution < 1.29 is 19.1 Å². The molecule has 1 saturated heterocycles. The van der Waals surface area contributed by atoms with Crippen LogP contribution in [0.25, 0.3) is 22.6 Å². The van der Waals surface area contributed by atoms with Crippen LogP contribution < -0.4 is 15.4 Å². The van der Waals surface area contributed by atoms with Crippen molar-refractivity contribution in [3.05, 3.63) is 41.3 Å². The molecule has 36 heavy (non-hydrogen) atoms. The minimum Gasteiger partial charge on any atom is -0.491 e. The SMILES string of the molecule is CNCC(O)COc1cccc(-c2nc(NC3CCOCC3)c(C)c(-c3c(C4CC4)noc3C)n2)c1. The molecular weight excluding hydrogens is 458 g/mol. The fraction of sp³-hybridized carbons (Fsp3) is 0.519. The Labute approximate surface area is 211 Å². The summed E-state index contributed by atoms with van der Waals surface area (Å²) in [5, 5.41) is 21.0. The molecule has 0 radical (unpaired) electrons. The van der Waals surface area contributed by atoms with E-state index in [9.17, 15) is 5.11 Å². The number of hydrogen-bond donors (Lipinski definition) is 3. The monoisotopic (exact) mass is 493 g/mol. The van der Waals surface area contributed by atoms with Crippen LogP contribution in [0.4, 0.5) is 5.82 Å². The molecule has 3 N–H and O–H groups in total. The third kappa shape index (κ3) is 5.53. The maximum Gasteiger partial charge on any atom is 0.162 e. The summed E-state index contributed by atoms with van der Waals surface area (Å²) in [6.45, 7) is 6.17. The Morgan fingerprint density at radius 3 is 2.69 bits per heavy atom. The first kappa shape index (κ1) is 24.7. The van der Waals surface area contributed by atoms with E-state index < -0.39 is 6.10 Å². The van der Waals surface area contributed by atoms with E-state index in [1.54, 1.807) is 7.05 Å². The number of hydrogen-bond acceptors (Lipinski definition) is 9. The minimum atomic E-state index is -0.589. The van der Waals surface area contributed by atoms with Gasteiger partial charge in [-0.25, -0.2) is 9.97 Å². The van der Waals surface area contributed by atoms with Crippen LogP contribution in [0.3, 0.4) is 0 Å². The summed E-state index contributed by atoms with van der Waals surface area (Å²) in [6.07, 6.45) is 3.54. The summed E-state index contributed by atoms with van der Waals surface area (Å²) in [5.41, 5.74) is 4.66. The molecule has 1 aromatic carbocycles. The zero-order chi connectivity index (χ0) is 25.1. The number of ether oxygens (including phenoxy) is 2. The van der Waals surface area contributed by atoms with Gasteiger partial charge >= 0.3 is 0 Å². The lowest BCUT2D eigenvalue weighted by atomic mass is 10.0. The second-order valence-electron chi connectivity index (χ2n) is 9.72. The van der Waals surface area contributed by atoms with Crippen LogP contribution in [0.1, 0.15) is 48.6 Å². The standard InChI is InChI=1S/C27H35N5O4/c1-16-24(23-17(2)36-32-25(23)18-7-8-18)30-27(31-26(16)29-20-9-11-34-12-10-20)19-5-4-6-22(13-19)35-15-21(33)14-28-3/h4-6,13,18,20-21,28,33H,7-12,14-15H2,1-3H3,(H,29,30,31). The first-order valence-corrected chi connectivity index (χ1v) is 12.8. The fourth-order valence-electron chi connectivity index (χ4n) is 4.59. The second-order valence-corrected chi connectivity index (χ2v) is 9.72. The number of nitrogens with zero attached hydrogens (tertiary/aromatic N) is 3. The maximum absolute atomic E-state index is 10.0. The van der Waals surface area contributed by atoms with Crippen molar-refractivity contribution in [2.45, 2.75) is 57.6 Å². The molecule has 192 valence electrons. The lowest BCUT2D eigenvalue weighted by molar-refractivity contribution is 0.0904. The molecule has 9 heteroatoms. The van der Waals surface area contributed by atoms with E-state index >= 15 is 0 Å². The van der Waals surface area contributed by atoms with Gasteiger partial charge in [-0.2, -0.15) is 0 Å². The Hall–Kier alpha value is -3.01. The molecule has 0 bridgehead atoms. The van der Waals surface area contributed by atoms with Gasteiger partial charge in [-0.3, -0.25) is 0 Å². The van der Waals surface area contributed by atoms with Gasteiger partial charge in [-0.15, -0.1) is 0 Å². The Bertz CT molecular complexity index is 1190. The molecule has 5 rings (SSSR count). The summed E-state index contributed by atoms with van der Waals surface area (Å²) in [4.78, 5) is 10.0. The van der Waals surface area contributed by atoms with Gasteiger partial charge < -0.3 is 29.7 Å². The predicted octanol–water partition coefficient (Wildman–Crippen LogP) is 3.84. The topological polar surface area (TPSA) is 115 Å².